The third-order valence-electron chi connectivity index (χ3n) is 3.52. The van der Waals surface area contributed by atoms with Crippen LogP contribution in [0.25, 0.3) is 0 Å². The Morgan fingerprint density at radius 3 is 2.67 bits per heavy atom. The maximum atomic E-state index is 10.3. The van der Waals surface area contributed by atoms with E-state index in [0.29, 0.717) is 6.42 Å². The van der Waals surface area contributed by atoms with Gasteiger partial charge in [-0.3, -0.25) is 4.98 Å². The zero-order chi connectivity index (χ0) is 12.4. The van der Waals surface area contributed by atoms with Crippen LogP contribution in [0, 0.1) is 0 Å². The molecule has 3 rings (SSSR count). The fraction of sp³-hybridized carbons (Fsp3) is 0.312. The maximum Gasteiger partial charge on any atom is 0.0830 e. The van der Waals surface area contributed by atoms with Crippen molar-refractivity contribution in [3.63, 3.8) is 0 Å². The third kappa shape index (κ3) is 2.59. The normalized spacial score (nSPS) is 16.5. The molecule has 0 radical (unpaired) electrons. The van der Waals surface area contributed by atoms with Crippen molar-refractivity contribution in [2.75, 3.05) is 0 Å². The number of hydrogen-bond acceptors (Lipinski definition) is 2. The minimum absolute atomic E-state index is 0.425. The average Bonchev–Trinajstić information content (AvgIpc) is 3.24. The van der Waals surface area contributed by atoms with Crippen molar-refractivity contribution in [1.82, 2.24) is 4.98 Å². The van der Waals surface area contributed by atoms with E-state index in [9.17, 15) is 5.11 Å². The highest BCUT2D eigenvalue weighted by molar-refractivity contribution is 5.31. The lowest BCUT2D eigenvalue weighted by atomic mass is 9.99. The van der Waals surface area contributed by atoms with Gasteiger partial charge in [0.2, 0.25) is 0 Å². The predicted molar refractivity (Wildman–Crippen MR) is 71.3 cm³/mol. The van der Waals surface area contributed by atoms with Gasteiger partial charge in [-0.2, -0.15) is 0 Å². The Morgan fingerprint density at radius 2 is 1.94 bits per heavy atom. The van der Waals surface area contributed by atoms with Crippen LogP contribution in [-0.2, 0) is 6.42 Å². The maximum absolute atomic E-state index is 10.3. The monoisotopic (exact) mass is 239 g/mol. The Bertz CT molecular complexity index is 520. The molecule has 0 saturated heterocycles. The summed E-state index contributed by atoms with van der Waals surface area (Å²) in [7, 11) is 0. The van der Waals surface area contributed by atoms with E-state index in [2.05, 4.69) is 23.2 Å². The van der Waals surface area contributed by atoms with E-state index >= 15 is 0 Å². The summed E-state index contributed by atoms with van der Waals surface area (Å²) in [5.74, 6) is 0.734. The molecule has 2 nitrogen and oxygen atoms in total. The lowest BCUT2D eigenvalue weighted by molar-refractivity contribution is 0.178. The zero-order valence-corrected chi connectivity index (χ0v) is 10.3. The largest absolute Gasteiger partial charge is 0.388 e. The summed E-state index contributed by atoms with van der Waals surface area (Å²) in [6, 6.07) is 12.3. The van der Waals surface area contributed by atoms with E-state index in [-0.39, 0.29) is 0 Å². The van der Waals surface area contributed by atoms with E-state index in [1.54, 1.807) is 12.4 Å². The summed E-state index contributed by atoms with van der Waals surface area (Å²) < 4.78 is 0. The van der Waals surface area contributed by atoms with Gasteiger partial charge in [-0.15, -0.1) is 0 Å². The lowest BCUT2D eigenvalue weighted by Crippen LogP contribution is -2.02. The zero-order valence-electron chi connectivity index (χ0n) is 10.3. The number of hydrogen-bond donors (Lipinski definition) is 1. The van der Waals surface area contributed by atoms with Crippen LogP contribution < -0.4 is 0 Å². The van der Waals surface area contributed by atoms with Gasteiger partial charge in [0.15, 0.2) is 0 Å². The van der Waals surface area contributed by atoms with Crippen LogP contribution in [0.4, 0.5) is 0 Å². The predicted octanol–water partition coefficient (Wildman–Crippen LogP) is 3.24. The van der Waals surface area contributed by atoms with Crippen LogP contribution >= 0.6 is 0 Å². The van der Waals surface area contributed by atoms with Gasteiger partial charge in [0.1, 0.15) is 0 Å². The third-order valence-corrected chi connectivity index (χ3v) is 3.52. The summed E-state index contributed by atoms with van der Waals surface area (Å²) in [5, 5.41) is 10.3. The Balaban J connectivity index is 1.75. The molecule has 1 N–H and O–H groups in total. The Hall–Kier alpha value is -1.67. The molecular formula is C16H17NO. The first kappa shape index (κ1) is 11.4. The first-order valence-corrected chi connectivity index (χ1v) is 6.50. The van der Waals surface area contributed by atoms with Gasteiger partial charge in [0.25, 0.3) is 0 Å². The second-order valence-electron chi connectivity index (χ2n) is 5.02. The average molecular weight is 239 g/mol. The van der Waals surface area contributed by atoms with Gasteiger partial charge in [-0.1, -0.05) is 24.3 Å². The molecule has 2 aromatic rings. The second-order valence-corrected chi connectivity index (χ2v) is 5.02. The molecule has 1 saturated carbocycles. The van der Waals surface area contributed by atoms with E-state index < -0.39 is 6.10 Å². The SMILES string of the molecule is OC(Cc1ccncc1)c1cccc(C2CC2)c1. The van der Waals surface area contributed by atoms with Crippen molar-refractivity contribution < 1.29 is 5.11 Å². The van der Waals surface area contributed by atoms with E-state index in [4.69, 9.17) is 0 Å². The summed E-state index contributed by atoms with van der Waals surface area (Å²) in [4.78, 5) is 3.99. The van der Waals surface area contributed by atoms with E-state index in [1.165, 1.54) is 18.4 Å². The van der Waals surface area contributed by atoms with Crippen LogP contribution in [0.15, 0.2) is 48.8 Å². The molecule has 1 aromatic carbocycles. The number of nitrogens with zero attached hydrogens (tertiary/aromatic N) is 1. The summed E-state index contributed by atoms with van der Waals surface area (Å²) >= 11 is 0. The minimum atomic E-state index is -0.425. The van der Waals surface area contributed by atoms with Crippen LogP contribution in [-0.4, -0.2) is 10.1 Å². The number of benzene rings is 1. The fourth-order valence-corrected chi connectivity index (χ4v) is 2.30. The number of aliphatic hydroxyl groups is 1. The Kier molecular flexibility index (Phi) is 3.11. The quantitative estimate of drug-likeness (QED) is 0.888. The first-order chi connectivity index (χ1) is 8.83. The number of aromatic nitrogens is 1. The van der Waals surface area contributed by atoms with E-state index in [1.807, 2.05) is 18.2 Å². The van der Waals surface area contributed by atoms with Crippen LogP contribution in [0.1, 0.15) is 41.6 Å². The molecule has 0 spiro atoms. The van der Waals surface area contributed by atoms with Gasteiger partial charge in [0, 0.05) is 18.8 Å². The van der Waals surface area contributed by atoms with Crippen LogP contribution in [0.3, 0.4) is 0 Å². The Morgan fingerprint density at radius 1 is 1.17 bits per heavy atom. The van der Waals surface area contributed by atoms with Gasteiger partial charge in [-0.25, -0.2) is 0 Å². The molecular weight excluding hydrogens is 222 g/mol. The van der Waals surface area contributed by atoms with Crippen molar-refractivity contribution in [3.05, 3.63) is 65.5 Å². The lowest BCUT2D eigenvalue weighted by Gasteiger charge is -2.12. The molecule has 1 aliphatic carbocycles. The molecule has 1 heterocycles. The minimum Gasteiger partial charge on any atom is -0.388 e. The van der Waals surface area contributed by atoms with Gasteiger partial charge < -0.3 is 5.11 Å². The molecule has 1 fully saturated rings. The molecule has 1 aromatic heterocycles. The van der Waals surface area contributed by atoms with Crippen molar-refractivity contribution in [2.24, 2.45) is 0 Å². The molecule has 1 atom stereocenters. The molecule has 1 unspecified atom stereocenters. The van der Waals surface area contributed by atoms with Crippen molar-refractivity contribution in [1.29, 1.82) is 0 Å². The molecule has 0 bridgehead atoms. The smallest absolute Gasteiger partial charge is 0.0830 e. The van der Waals surface area contributed by atoms with Crippen molar-refractivity contribution >= 4 is 0 Å². The molecule has 1 aliphatic rings. The van der Waals surface area contributed by atoms with Gasteiger partial charge in [0.05, 0.1) is 6.10 Å². The van der Waals surface area contributed by atoms with Crippen molar-refractivity contribution in [2.45, 2.75) is 31.3 Å². The highest BCUT2D eigenvalue weighted by Gasteiger charge is 2.23. The molecule has 0 aliphatic heterocycles. The topological polar surface area (TPSA) is 33.1 Å². The molecule has 0 amide bonds. The summed E-state index contributed by atoms with van der Waals surface area (Å²) in [5.41, 5.74) is 3.52. The van der Waals surface area contributed by atoms with Crippen LogP contribution in [0.5, 0.6) is 0 Å². The number of pyridine rings is 1. The van der Waals surface area contributed by atoms with Crippen molar-refractivity contribution in [3.8, 4) is 0 Å². The van der Waals surface area contributed by atoms with Gasteiger partial charge in [-0.05, 0) is 47.6 Å². The van der Waals surface area contributed by atoms with E-state index in [0.717, 1.165) is 17.0 Å². The van der Waals surface area contributed by atoms with Gasteiger partial charge >= 0.3 is 0 Å². The van der Waals surface area contributed by atoms with Crippen LogP contribution in [0.2, 0.25) is 0 Å². The molecule has 18 heavy (non-hydrogen) atoms. The first-order valence-electron chi connectivity index (χ1n) is 6.50. The summed E-state index contributed by atoms with van der Waals surface area (Å²) in [6.07, 6.45) is 6.35. The number of rotatable bonds is 4. The molecule has 2 heteroatoms. The summed E-state index contributed by atoms with van der Waals surface area (Å²) in [6.45, 7) is 0. The number of aliphatic hydroxyl groups excluding tert-OH is 1. The fourth-order valence-electron chi connectivity index (χ4n) is 2.30. The Labute approximate surface area is 107 Å². The standard InChI is InChI=1S/C16H17NO/c18-16(10-12-6-8-17-9-7-12)15-3-1-2-14(11-15)13-4-5-13/h1-3,6-9,11,13,16,18H,4-5,10H2. The molecule has 92 valence electrons. The highest BCUT2D eigenvalue weighted by atomic mass is 16.3. The second kappa shape index (κ2) is 4.91. The highest BCUT2D eigenvalue weighted by Crippen LogP contribution is 2.40.